The van der Waals surface area contributed by atoms with Gasteiger partial charge in [-0.1, -0.05) is 0 Å². The smallest absolute Gasteiger partial charge is 0.387 e. The van der Waals surface area contributed by atoms with Crippen LogP contribution in [0.25, 0.3) is 0 Å². The van der Waals surface area contributed by atoms with Gasteiger partial charge in [0.25, 0.3) is 0 Å². The quantitative estimate of drug-likeness (QED) is 0.576. The third kappa shape index (κ3) is 3.57. The minimum absolute atomic E-state index is 0. The number of halogens is 3. The third-order valence-corrected chi connectivity index (χ3v) is 1.32. The molecule has 0 aliphatic heterocycles. The maximum Gasteiger partial charge on any atom is 0.387 e. The van der Waals surface area contributed by atoms with E-state index in [1.165, 1.54) is 0 Å². The molecule has 0 N–H and O–H groups in total. The Hall–Kier alpha value is -1.36. The number of alkyl halides is 2. The first-order valence-electron chi connectivity index (χ1n) is 3.36. The maximum atomic E-state index is 11.6. The molecule has 0 fully saturated rings. The lowest BCUT2D eigenvalue weighted by Gasteiger charge is -2.05. The number of aromatic carboxylic acids is 1. The monoisotopic (exact) mass is 222 g/mol. The lowest BCUT2D eigenvalue weighted by atomic mass is 10.2. The van der Waals surface area contributed by atoms with E-state index in [1.807, 2.05) is 0 Å². The molecule has 14 heavy (non-hydrogen) atoms. The largest absolute Gasteiger partial charge is 1.00 e. The molecule has 78 valence electrons. The molecule has 0 amide bonds. The van der Waals surface area contributed by atoms with Crippen molar-refractivity contribution < 1.29 is 35.8 Å². The summed E-state index contributed by atoms with van der Waals surface area (Å²) in [6.45, 7) is -2.91. The topological polar surface area (TPSA) is 49.4 Å². The fourth-order valence-corrected chi connectivity index (χ4v) is 0.772. The summed E-state index contributed by atoms with van der Waals surface area (Å²) in [4.78, 5) is 10.2. The van der Waals surface area contributed by atoms with Gasteiger partial charge in [0, 0.05) is 0 Å². The Balaban J connectivity index is 0.00000169. The van der Waals surface area contributed by atoms with Crippen LogP contribution in [0.2, 0.25) is 0 Å². The van der Waals surface area contributed by atoms with Crippen molar-refractivity contribution in [1.29, 1.82) is 0 Å². The van der Waals surface area contributed by atoms with E-state index in [9.17, 15) is 18.7 Å². The average molecular weight is 223 g/mol. The molecule has 1 aromatic carbocycles. The van der Waals surface area contributed by atoms with E-state index in [-0.39, 0.29) is 23.7 Å². The van der Waals surface area contributed by atoms with E-state index in [4.69, 9.17) is 0 Å². The highest BCUT2D eigenvalue weighted by atomic mass is 35.5. The number of rotatable bonds is 3. The molecule has 0 saturated heterocycles. The van der Waals surface area contributed by atoms with Gasteiger partial charge in [-0.2, -0.15) is 8.78 Å². The van der Waals surface area contributed by atoms with Gasteiger partial charge < -0.3 is 27.0 Å². The van der Waals surface area contributed by atoms with Crippen LogP contribution in [0, 0.1) is 0 Å². The van der Waals surface area contributed by atoms with Crippen molar-refractivity contribution >= 4 is 5.97 Å². The van der Waals surface area contributed by atoms with Crippen molar-refractivity contribution in [2.45, 2.75) is 6.61 Å². The zero-order chi connectivity index (χ0) is 9.84. The molecule has 0 heterocycles. The minimum Gasteiger partial charge on any atom is -1.00 e. The van der Waals surface area contributed by atoms with E-state index < -0.39 is 12.6 Å². The van der Waals surface area contributed by atoms with E-state index in [1.54, 1.807) is 0 Å². The lowest BCUT2D eigenvalue weighted by molar-refractivity contribution is -0.255. The summed E-state index contributed by atoms with van der Waals surface area (Å²) in [6, 6.07) is 4.54. The Morgan fingerprint density at radius 3 is 2.14 bits per heavy atom. The number of carbonyl (C=O) groups is 1. The molecule has 0 saturated carbocycles. The standard InChI is InChI=1S/C8H6F2O3.ClH/c9-8(10)13-6-3-1-5(2-4-6)7(11)12;/h1-4,8H,(H,11,12);1H/p-2. The Labute approximate surface area is 84.7 Å². The first kappa shape index (κ1) is 12.6. The fourth-order valence-electron chi connectivity index (χ4n) is 0.772. The van der Waals surface area contributed by atoms with Crippen LogP contribution in [0.15, 0.2) is 24.3 Å². The van der Waals surface area contributed by atoms with E-state index >= 15 is 0 Å². The molecular formula is C8H5ClF2O3-2. The van der Waals surface area contributed by atoms with Crippen molar-refractivity contribution in [3.8, 4) is 5.75 Å². The molecule has 6 heteroatoms. The Kier molecular flexibility index (Phi) is 4.86. The van der Waals surface area contributed by atoms with Gasteiger partial charge in [-0.25, -0.2) is 0 Å². The van der Waals surface area contributed by atoms with Crippen LogP contribution in [0.4, 0.5) is 8.78 Å². The highest BCUT2D eigenvalue weighted by molar-refractivity contribution is 5.85. The molecular weight excluding hydrogens is 218 g/mol. The molecule has 1 rings (SSSR count). The summed E-state index contributed by atoms with van der Waals surface area (Å²) < 4.78 is 27.3. The van der Waals surface area contributed by atoms with Crippen molar-refractivity contribution in [1.82, 2.24) is 0 Å². The van der Waals surface area contributed by atoms with Crippen molar-refractivity contribution in [3.63, 3.8) is 0 Å². The molecule has 0 spiro atoms. The summed E-state index contributed by atoms with van der Waals surface area (Å²) >= 11 is 0. The highest BCUT2D eigenvalue weighted by Crippen LogP contribution is 2.14. The van der Waals surface area contributed by atoms with Gasteiger partial charge in [-0.3, -0.25) is 0 Å². The maximum absolute atomic E-state index is 11.6. The second-order valence-corrected chi connectivity index (χ2v) is 2.19. The first-order valence-corrected chi connectivity index (χ1v) is 3.36. The molecule has 3 nitrogen and oxygen atoms in total. The van der Waals surface area contributed by atoms with Crippen LogP contribution >= 0.6 is 0 Å². The predicted molar refractivity (Wildman–Crippen MR) is 37.4 cm³/mol. The molecule has 0 aromatic heterocycles. The van der Waals surface area contributed by atoms with Gasteiger partial charge in [-0.05, 0) is 29.8 Å². The SMILES string of the molecule is O=C([O-])c1ccc(OC(F)F)cc1.[Cl-]. The van der Waals surface area contributed by atoms with Gasteiger partial charge in [0.2, 0.25) is 0 Å². The Morgan fingerprint density at radius 1 is 1.29 bits per heavy atom. The first-order chi connectivity index (χ1) is 6.09. The molecule has 0 atom stereocenters. The Morgan fingerprint density at radius 2 is 1.79 bits per heavy atom. The molecule has 0 radical (unpaired) electrons. The summed E-state index contributed by atoms with van der Waals surface area (Å²) in [5.74, 6) is -1.44. The second kappa shape index (κ2) is 5.39. The number of hydrogen-bond donors (Lipinski definition) is 0. The molecule has 0 unspecified atom stereocenters. The van der Waals surface area contributed by atoms with Crippen LogP contribution in [0.5, 0.6) is 5.75 Å². The third-order valence-electron chi connectivity index (χ3n) is 1.32. The van der Waals surface area contributed by atoms with Gasteiger partial charge in [0.15, 0.2) is 0 Å². The number of ether oxygens (including phenoxy) is 1. The number of carboxylic acids is 1. The van der Waals surface area contributed by atoms with E-state index in [0.717, 1.165) is 24.3 Å². The van der Waals surface area contributed by atoms with Crippen LogP contribution in [-0.4, -0.2) is 12.6 Å². The number of benzene rings is 1. The van der Waals surface area contributed by atoms with Crippen molar-refractivity contribution in [3.05, 3.63) is 29.8 Å². The summed E-state index contributed by atoms with van der Waals surface area (Å²) in [6.07, 6.45) is 0. The number of carbonyl (C=O) groups excluding carboxylic acids is 1. The number of hydrogen-bond acceptors (Lipinski definition) is 3. The summed E-state index contributed by atoms with van der Waals surface area (Å²) in [5.41, 5.74) is -0.0818. The zero-order valence-corrected chi connectivity index (χ0v) is 7.50. The van der Waals surface area contributed by atoms with E-state index in [2.05, 4.69) is 4.74 Å². The average Bonchev–Trinajstić information content (AvgIpc) is 2.04. The minimum atomic E-state index is -2.91. The second-order valence-electron chi connectivity index (χ2n) is 2.19. The van der Waals surface area contributed by atoms with Crippen molar-refractivity contribution in [2.75, 3.05) is 0 Å². The summed E-state index contributed by atoms with van der Waals surface area (Å²) in [7, 11) is 0. The van der Waals surface area contributed by atoms with Gasteiger partial charge in [0.05, 0.1) is 5.97 Å². The molecule has 0 bridgehead atoms. The van der Waals surface area contributed by atoms with Crippen LogP contribution in [0.3, 0.4) is 0 Å². The van der Waals surface area contributed by atoms with E-state index in [0.29, 0.717) is 0 Å². The zero-order valence-electron chi connectivity index (χ0n) is 6.75. The van der Waals surface area contributed by atoms with Gasteiger partial charge in [-0.15, -0.1) is 0 Å². The van der Waals surface area contributed by atoms with Crippen LogP contribution in [-0.2, 0) is 0 Å². The van der Waals surface area contributed by atoms with Crippen LogP contribution < -0.4 is 22.3 Å². The fraction of sp³-hybridized carbons (Fsp3) is 0.125. The highest BCUT2D eigenvalue weighted by Gasteiger charge is 2.03. The van der Waals surface area contributed by atoms with Crippen LogP contribution in [0.1, 0.15) is 10.4 Å². The molecule has 1 aromatic rings. The number of carboxylic acid groups (broad SMARTS) is 1. The van der Waals surface area contributed by atoms with Gasteiger partial charge >= 0.3 is 6.61 Å². The van der Waals surface area contributed by atoms with Gasteiger partial charge in [0.1, 0.15) is 5.75 Å². The molecule has 0 aliphatic rings. The predicted octanol–water partition coefficient (Wildman–Crippen LogP) is -2.34. The molecule has 0 aliphatic carbocycles. The van der Waals surface area contributed by atoms with Crippen molar-refractivity contribution in [2.24, 2.45) is 0 Å². The summed E-state index contributed by atoms with van der Waals surface area (Å²) in [5, 5.41) is 10.2. The normalized spacial score (nSPS) is 9.36. The lowest BCUT2D eigenvalue weighted by Crippen LogP contribution is -3.00. The Bertz CT molecular complexity index is 300.